The molecule has 5 heteroatoms. The molecule has 1 aromatic rings. The fourth-order valence-corrected chi connectivity index (χ4v) is 1.60. The number of ether oxygens (including phenoxy) is 2. The highest BCUT2D eigenvalue weighted by atomic mass is 16.7. The predicted molar refractivity (Wildman–Crippen MR) is 54.8 cm³/mol. The van der Waals surface area contributed by atoms with E-state index < -0.39 is 24.6 Å². The number of benzene rings is 1. The summed E-state index contributed by atoms with van der Waals surface area (Å²) in [5.41, 5.74) is 0. The minimum absolute atomic E-state index is 0.354. The van der Waals surface area contributed by atoms with Crippen LogP contribution < -0.4 is 4.74 Å². The molecule has 1 aliphatic heterocycles. The van der Waals surface area contributed by atoms with E-state index in [0.717, 1.165) is 0 Å². The Morgan fingerprint density at radius 2 is 1.81 bits per heavy atom. The van der Waals surface area contributed by atoms with Crippen molar-refractivity contribution in [1.82, 2.24) is 0 Å². The average molecular weight is 226 g/mol. The molecule has 1 aromatic carbocycles. The number of rotatable bonds is 3. The van der Waals surface area contributed by atoms with Gasteiger partial charge in [-0.3, -0.25) is 0 Å². The molecule has 0 saturated carbocycles. The fourth-order valence-electron chi connectivity index (χ4n) is 1.60. The molecule has 1 heterocycles. The summed E-state index contributed by atoms with van der Waals surface area (Å²) in [5, 5.41) is 28.0. The zero-order chi connectivity index (χ0) is 11.5. The molecule has 1 saturated heterocycles. The van der Waals surface area contributed by atoms with Gasteiger partial charge < -0.3 is 24.8 Å². The van der Waals surface area contributed by atoms with Gasteiger partial charge in [0.25, 0.3) is 0 Å². The van der Waals surface area contributed by atoms with E-state index in [-0.39, 0.29) is 6.61 Å². The van der Waals surface area contributed by atoms with Crippen LogP contribution in [0.2, 0.25) is 0 Å². The second-order valence-electron chi connectivity index (χ2n) is 3.64. The van der Waals surface area contributed by atoms with Gasteiger partial charge >= 0.3 is 0 Å². The van der Waals surface area contributed by atoms with Gasteiger partial charge in [0.2, 0.25) is 6.29 Å². The summed E-state index contributed by atoms with van der Waals surface area (Å²) in [6, 6.07) is 8.85. The van der Waals surface area contributed by atoms with Crippen molar-refractivity contribution in [2.45, 2.75) is 24.6 Å². The second kappa shape index (κ2) is 4.80. The van der Waals surface area contributed by atoms with Gasteiger partial charge in [0.1, 0.15) is 24.1 Å². The molecule has 4 atom stereocenters. The van der Waals surface area contributed by atoms with E-state index >= 15 is 0 Å². The van der Waals surface area contributed by atoms with Crippen LogP contribution >= 0.6 is 0 Å². The van der Waals surface area contributed by atoms with E-state index in [1.807, 2.05) is 6.07 Å². The van der Waals surface area contributed by atoms with Crippen LogP contribution in [-0.4, -0.2) is 46.5 Å². The summed E-state index contributed by atoms with van der Waals surface area (Å²) in [6.07, 6.45) is -4.03. The van der Waals surface area contributed by atoms with Crippen LogP contribution in [0.25, 0.3) is 0 Å². The van der Waals surface area contributed by atoms with Gasteiger partial charge in [-0.05, 0) is 12.1 Å². The molecule has 1 unspecified atom stereocenters. The Balaban J connectivity index is 2.01. The summed E-state index contributed by atoms with van der Waals surface area (Å²) >= 11 is 0. The maximum Gasteiger partial charge on any atom is 0.229 e. The Hall–Kier alpha value is -1.14. The molecule has 1 fully saturated rings. The fraction of sp³-hybridized carbons (Fsp3) is 0.455. The van der Waals surface area contributed by atoms with E-state index in [0.29, 0.717) is 5.75 Å². The van der Waals surface area contributed by atoms with Gasteiger partial charge in [0.15, 0.2) is 0 Å². The molecule has 1 aliphatic rings. The van der Waals surface area contributed by atoms with Crippen molar-refractivity contribution in [2.24, 2.45) is 0 Å². The van der Waals surface area contributed by atoms with E-state index in [1.54, 1.807) is 24.3 Å². The summed E-state index contributed by atoms with van der Waals surface area (Å²) in [7, 11) is 0. The van der Waals surface area contributed by atoms with Crippen molar-refractivity contribution >= 4 is 0 Å². The number of aliphatic hydroxyl groups excluding tert-OH is 3. The Labute approximate surface area is 92.9 Å². The predicted octanol–water partition coefficient (Wildman–Crippen LogP) is -0.496. The molecule has 2 rings (SSSR count). The molecule has 3 N–H and O–H groups in total. The van der Waals surface area contributed by atoms with Gasteiger partial charge in [-0.25, -0.2) is 0 Å². The molecule has 0 spiro atoms. The summed E-state index contributed by atoms with van der Waals surface area (Å²) in [6.45, 7) is -0.354. The highest BCUT2D eigenvalue weighted by molar-refractivity contribution is 5.21. The quantitative estimate of drug-likeness (QED) is 0.648. The molecular formula is C11H14O5. The van der Waals surface area contributed by atoms with Gasteiger partial charge in [0, 0.05) is 0 Å². The minimum Gasteiger partial charge on any atom is -0.462 e. The Morgan fingerprint density at radius 1 is 1.12 bits per heavy atom. The molecule has 0 radical (unpaired) electrons. The lowest BCUT2D eigenvalue weighted by molar-refractivity contribution is -0.116. The van der Waals surface area contributed by atoms with E-state index in [1.165, 1.54) is 0 Å². The van der Waals surface area contributed by atoms with Crippen LogP contribution in [0.4, 0.5) is 0 Å². The zero-order valence-electron chi connectivity index (χ0n) is 8.56. The second-order valence-corrected chi connectivity index (χ2v) is 3.64. The van der Waals surface area contributed by atoms with E-state index in [9.17, 15) is 10.2 Å². The third-order valence-corrected chi connectivity index (χ3v) is 2.49. The lowest BCUT2D eigenvalue weighted by atomic mass is 10.1. The van der Waals surface area contributed by atoms with Crippen LogP contribution in [-0.2, 0) is 4.74 Å². The maximum atomic E-state index is 9.61. The Morgan fingerprint density at radius 3 is 2.38 bits per heavy atom. The van der Waals surface area contributed by atoms with Crippen molar-refractivity contribution in [1.29, 1.82) is 0 Å². The first kappa shape index (κ1) is 11.3. The van der Waals surface area contributed by atoms with Crippen LogP contribution in [0.5, 0.6) is 5.75 Å². The SMILES string of the molecule is OC[C@H]1OC(Oc2ccccc2)[C@H](O)[C@@H]1O. The van der Waals surface area contributed by atoms with Crippen LogP contribution in [0.1, 0.15) is 0 Å². The standard InChI is InChI=1S/C11H14O5/c12-6-8-9(13)10(14)11(16-8)15-7-4-2-1-3-5-7/h1-5,8-14H,6H2/t8-,9-,10-,11?/m1/s1. The average Bonchev–Trinajstić information content (AvgIpc) is 2.58. The Kier molecular flexibility index (Phi) is 3.40. The van der Waals surface area contributed by atoms with Gasteiger partial charge in [-0.15, -0.1) is 0 Å². The van der Waals surface area contributed by atoms with Crippen molar-refractivity contribution in [3.63, 3.8) is 0 Å². The van der Waals surface area contributed by atoms with Crippen molar-refractivity contribution in [2.75, 3.05) is 6.61 Å². The highest BCUT2D eigenvalue weighted by Gasteiger charge is 2.43. The Bertz CT molecular complexity index is 328. The van der Waals surface area contributed by atoms with Crippen LogP contribution in [0.3, 0.4) is 0 Å². The maximum absolute atomic E-state index is 9.61. The molecular weight excluding hydrogens is 212 g/mol. The smallest absolute Gasteiger partial charge is 0.229 e. The van der Waals surface area contributed by atoms with Crippen molar-refractivity contribution in [3.05, 3.63) is 30.3 Å². The van der Waals surface area contributed by atoms with E-state index in [4.69, 9.17) is 14.6 Å². The first-order valence-corrected chi connectivity index (χ1v) is 5.06. The van der Waals surface area contributed by atoms with Gasteiger partial charge in [-0.1, -0.05) is 18.2 Å². The van der Waals surface area contributed by atoms with Crippen molar-refractivity contribution < 1.29 is 24.8 Å². The lowest BCUT2D eigenvalue weighted by Gasteiger charge is -2.16. The highest BCUT2D eigenvalue weighted by Crippen LogP contribution is 2.24. The summed E-state index contributed by atoms with van der Waals surface area (Å²) in [4.78, 5) is 0. The minimum atomic E-state index is -1.16. The van der Waals surface area contributed by atoms with Crippen molar-refractivity contribution in [3.8, 4) is 5.75 Å². The van der Waals surface area contributed by atoms with Crippen LogP contribution in [0, 0.1) is 0 Å². The largest absolute Gasteiger partial charge is 0.462 e. The molecule has 0 aromatic heterocycles. The molecule has 5 nitrogen and oxygen atoms in total. The summed E-state index contributed by atoms with van der Waals surface area (Å²) in [5.74, 6) is 0.539. The molecule has 0 aliphatic carbocycles. The molecule has 88 valence electrons. The van der Waals surface area contributed by atoms with E-state index in [2.05, 4.69) is 0 Å². The monoisotopic (exact) mass is 226 g/mol. The third-order valence-electron chi connectivity index (χ3n) is 2.49. The number of para-hydroxylation sites is 1. The molecule has 0 amide bonds. The first-order chi connectivity index (χ1) is 7.72. The van der Waals surface area contributed by atoms with Gasteiger partial charge in [-0.2, -0.15) is 0 Å². The van der Waals surface area contributed by atoms with Gasteiger partial charge in [0.05, 0.1) is 6.61 Å². The topological polar surface area (TPSA) is 79.2 Å². The number of hydrogen-bond donors (Lipinski definition) is 3. The number of aliphatic hydroxyl groups is 3. The summed E-state index contributed by atoms with van der Waals surface area (Å²) < 4.78 is 10.5. The molecule has 0 bridgehead atoms. The molecule has 16 heavy (non-hydrogen) atoms. The normalized spacial score (nSPS) is 33.9. The zero-order valence-corrected chi connectivity index (χ0v) is 8.56. The first-order valence-electron chi connectivity index (χ1n) is 5.06. The third kappa shape index (κ3) is 2.17. The lowest BCUT2D eigenvalue weighted by Crippen LogP contribution is -2.35. The number of hydrogen-bond acceptors (Lipinski definition) is 5. The van der Waals surface area contributed by atoms with Crippen LogP contribution in [0.15, 0.2) is 30.3 Å².